The number of ether oxygens (including phenoxy) is 4. The first-order valence-corrected chi connectivity index (χ1v) is 9.51. The summed E-state index contributed by atoms with van der Waals surface area (Å²) in [6.07, 6.45) is 2.87. The van der Waals surface area contributed by atoms with Gasteiger partial charge >= 0.3 is 0 Å². The molecule has 0 aliphatic carbocycles. The first-order chi connectivity index (χ1) is 15.4. The van der Waals surface area contributed by atoms with Crippen molar-refractivity contribution < 1.29 is 33.6 Å². The summed E-state index contributed by atoms with van der Waals surface area (Å²) in [5.74, 6) is 0.839. The van der Waals surface area contributed by atoms with Gasteiger partial charge in [-0.25, -0.2) is 0 Å². The van der Waals surface area contributed by atoms with Crippen LogP contribution in [-0.4, -0.2) is 58.0 Å². The summed E-state index contributed by atoms with van der Waals surface area (Å²) in [6, 6.07) is 6.97. The summed E-state index contributed by atoms with van der Waals surface area (Å²) >= 11 is 0. The molecular formula is C22H27N3O7. The normalized spacial score (nSPS) is 11.6. The molecule has 2 rings (SSSR count). The highest BCUT2D eigenvalue weighted by molar-refractivity contribution is 6.03. The number of aliphatic hydroxyl groups excluding tert-OH is 1. The topological polar surface area (TPSA) is 141 Å². The summed E-state index contributed by atoms with van der Waals surface area (Å²) in [6.45, 7) is -0.506. The Morgan fingerprint density at radius 1 is 0.969 bits per heavy atom. The Bertz CT molecular complexity index is 966. The van der Waals surface area contributed by atoms with Crippen molar-refractivity contribution in [2.45, 2.75) is 6.04 Å². The van der Waals surface area contributed by atoms with Crippen LogP contribution in [0.1, 0.15) is 5.56 Å². The van der Waals surface area contributed by atoms with Gasteiger partial charge < -0.3 is 40.4 Å². The second kappa shape index (κ2) is 11.6. The van der Waals surface area contributed by atoms with Crippen LogP contribution in [0.2, 0.25) is 0 Å². The zero-order valence-corrected chi connectivity index (χ0v) is 18.3. The Kier molecular flexibility index (Phi) is 8.87. The highest BCUT2D eigenvalue weighted by Crippen LogP contribution is 2.35. The molecule has 10 heteroatoms. The Labute approximate surface area is 185 Å². The Morgan fingerprint density at radius 3 is 2.12 bits per heavy atom. The molecule has 2 aromatic carbocycles. The number of anilines is 2. The number of aliphatic hydroxyl groups is 1. The van der Waals surface area contributed by atoms with E-state index in [2.05, 4.69) is 10.6 Å². The van der Waals surface area contributed by atoms with Crippen molar-refractivity contribution >= 4 is 29.3 Å². The van der Waals surface area contributed by atoms with Crippen LogP contribution >= 0.6 is 0 Å². The van der Waals surface area contributed by atoms with Gasteiger partial charge in [0, 0.05) is 23.9 Å². The van der Waals surface area contributed by atoms with E-state index in [4.69, 9.17) is 29.8 Å². The first-order valence-electron chi connectivity index (χ1n) is 9.51. The van der Waals surface area contributed by atoms with E-state index in [-0.39, 0.29) is 0 Å². The largest absolute Gasteiger partial charge is 0.496 e. The van der Waals surface area contributed by atoms with Crippen LogP contribution in [0.25, 0.3) is 6.08 Å². The minimum absolute atomic E-state index is 0.293. The number of rotatable bonds is 10. The fourth-order valence-electron chi connectivity index (χ4n) is 2.73. The number of carbonyl (C=O) groups is 2. The standard InChI is InChI=1S/C22H27N3O7/c1-29-14-10-19(31-3)15(20(11-14)32-4)6-8-21(27)24-13-5-7-18(30-2)17(9-13)25-22(28)16(23)12-26/h5-11,16,26H,12,23H2,1-4H3,(H,24,27)(H,25,28)/t16-/m1/s1. The number of nitrogens with two attached hydrogens (primary N) is 1. The molecule has 0 saturated heterocycles. The van der Waals surface area contributed by atoms with Crippen LogP contribution in [0, 0.1) is 0 Å². The van der Waals surface area contributed by atoms with Crippen LogP contribution in [-0.2, 0) is 9.59 Å². The third-order valence-electron chi connectivity index (χ3n) is 4.41. The molecule has 0 spiro atoms. The molecule has 0 unspecified atom stereocenters. The van der Waals surface area contributed by atoms with Crippen molar-refractivity contribution in [1.29, 1.82) is 0 Å². The van der Waals surface area contributed by atoms with Gasteiger partial charge in [0.1, 0.15) is 29.0 Å². The molecule has 5 N–H and O–H groups in total. The minimum atomic E-state index is -1.09. The predicted molar refractivity (Wildman–Crippen MR) is 120 cm³/mol. The molecule has 2 aromatic rings. The lowest BCUT2D eigenvalue weighted by molar-refractivity contribution is -0.118. The summed E-state index contributed by atoms with van der Waals surface area (Å²) in [4.78, 5) is 24.5. The fourth-order valence-corrected chi connectivity index (χ4v) is 2.73. The van der Waals surface area contributed by atoms with Crippen LogP contribution in [0.15, 0.2) is 36.4 Å². The lowest BCUT2D eigenvalue weighted by Gasteiger charge is -2.14. The van der Waals surface area contributed by atoms with Gasteiger partial charge in [0.05, 0.1) is 46.3 Å². The molecule has 10 nitrogen and oxygen atoms in total. The van der Waals surface area contributed by atoms with E-state index in [0.717, 1.165) is 0 Å². The zero-order valence-electron chi connectivity index (χ0n) is 18.3. The smallest absolute Gasteiger partial charge is 0.248 e. The Morgan fingerprint density at radius 2 is 1.59 bits per heavy atom. The van der Waals surface area contributed by atoms with Gasteiger partial charge in [-0.15, -0.1) is 0 Å². The van der Waals surface area contributed by atoms with Crippen molar-refractivity contribution in [2.24, 2.45) is 5.73 Å². The number of hydrogen-bond donors (Lipinski definition) is 4. The molecule has 2 amide bonds. The van der Waals surface area contributed by atoms with Gasteiger partial charge in [-0.3, -0.25) is 9.59 Å². The van der Waals surface area contributed by atoms with E-state index in [1.807, 2.05) is 0 Å². The Balaban J connectivity index is 2.22. The number of hydrogen-bond acceptors (Lipinski definition) is 8. The number of amides is 2. The summed E-state index contributed by atoms with van der Waals surface area (Å²) in [5, 5.41) is 14.3. The van der Waals surface area contributed by atoms with Crippen molar-refractivity contribution in [3.8, 4) is 23.0 Å². The van der Waals surface area contributed by atoms with Crippen LogP contribution in [0.4, 0.5) is 11.4 Å². The second-order valence-electron chi connectivity index (χ2n) is 6.46. The third-order valence-corrected chi connectivity index (χ3v) is 4.41. The van der Waals surface area contributed by atoms with E-state index >= 15 is 0 Å². The van der Waals surface area contributed by atoms with E-state index < -0.39 is 24.5 Å². The maximum atomic E-state index is 12.5. The first kappa shape index (κ1) is 24.5. The molecule has 172 valence electrons. The van der Waals surface area contributed by atoms with Crippen molar-refractivity contribution in [2.75, 3.05) is 45.7 Å². The molecule has 0 radical (unpaired) electrons. The van der Waals surface area contributed by atoms with Crippen molar-refractivity contribution in [3.63, 3.8) is 0 Å². The van der Waals surface area contributed by atoms with Gasteiger partial charge in [0.25, 0.3) is 0 Å². The molecule has 0 aliphatic rings. The number of nitrogens with one attached hydrogen (secondary N) is 2. The lowest BCUT2D eigenvalue weighted by atomic mass is 10.1. The van der Waals surface area contributed by atoms with E-state index in [1.165, 1.54) is 40.6 Å². The van der Waals surface area contributed by atoms with Crippen LogP contribution in [0.3, 0.4) is 0 Å². The highest BCUT2D eigenvalue weighted by Gasteiger charge is 2.15. The average molecular weight is 445 g/mol. The zero-order chi connectivity index (χ0) is 23.7. The summed E-state index contributed by atoms with van der Waals surface area (Å²) in [5.41, 5.74) is 6.78. The summed E-state index contributed by atoms with van der Waals surface area (Å²) < 4.78 is 21.2. The monoisotopic (exact) mass is 445 g/mol. The van der Waals surface area contributed by atoms with Gasteiger partial charge in [0.2, 0.25) is 11.8 Å². The van der Waals surface area contributed by atoms with E-state index in [0.29, 0.717) is 39.9 Å². The molecule has 1 atom stereocenters. The number of benzene rings is 2. The quantitative estimate of drug-likeness (QED) is 0.405. The molecule has 0 heterocycles. The molecule has 0 aliphatic heterocycles. The average Bonchev–Trinajstić information content (AvgIpc) is 2.81. The number of carbonyl (C=O) groups excluding carboxylic acids is 2. The molecule has 0 fully saturated rings. The second-order valence-corrected chi connectivity index (χ2v) is 6.46. The molecular weight excluding hydrogens is 418 g/mol. The highest BCUT2D eigenvalue weighted by atomic mass is 16.5. The molecule has 0 bridgehead atoms. The fraction of sp³-hybridized carbons (Fsp3) is 0.273. The Hall–Kier alpha value is -3.76. The van der Waals surface area contributed by atoms with Crippen LogP contribution < -0.4 is 35.3 Å². The maximum Gasteiger partial charge on any atom is 0.248 e. The third kappa shape index (κ3) is 6.13. The van der Waals surface area contributed by atoms with Gasteiger partial charge in [0.15, 0.2) is 0 Å². The van der Waals surface area contributed by atoms with Crippen molar-refractivity contribution in [3.05, 3.63) is 42.0 Å². The number of methoxy groups -OCH3 is 4. The van der Waals surface area contributed by atoms with Gasteiger partial charge in [-0.2, -0.15) is 0 Å². The van der Waals surface area contributed by atoms with Gasteiger partial charge in [-0.1, -0.05) is 0 Å². The maximum absolute atomic E-state index is 12.5. The molecule has 0 aromatic heterocycles. The lowest BCUT2D eigenvalue weighted by Crippen LogP contribution is -2.38. The minimum Gasteiger partial charge on any atom is -0.496 e. The molecule has 0 saturated carbocycles. The SMILES string of the molecule is COc1cc(OC)c(C=CC(=O)Nc2ccc(OC)c(NC(=O)[C@H](N)CO)c2)c(OC)c1. The van der Waals surface area contributed by atoms with Crippen LogP contribution in [0.5, 0.6) is 23.0 Å². The predicted octanol–water partition coefficient (Wildman–Crippen LogP) is 1.63. The van der Waals surface area contributed by atoms with E-state index in [1.54, 1.807) is 30.3 Å². The van der Waals surface area contributed by atoms with Gasteiger partial charge in [-0.05, 0) is 24.3 Å². The summed E-state index contributed by atoms with van der Waals surface area (Å²) in [7, 11) is 5.97. The van der Waals surface area contributed by atoms with E-state index in [9.17, 15) is 9.59 Å². The van der Waals surface area contributed by atoms with Crippen molar-refractivity contribution in [1.82, 2.24) is 0 Å². The molecule has 32 heavy (non-hydrogen) atoms.